The highest BCUT2D eigenvalue weighted by Crippen LogP contribution is 2.54. The number of ether oxygens (including phenoxy) is 4. The van der Waals surface area contributed by atoms with Gasteiger partial charge in [0.25, 0.3) is 5.69 Å². The van der Waals surface area contributed by atoms with Crippen molar-refractivity contribution in [1.29, 1.82) is 0 Å². The van der Waals surface area contributed by atoms with Gasteiger partial charge in [-0.25, -0.2) is 9.59 Å². The van der Waals surface area contributed by atoms with Gasteiger partial charge in [-0.1, -0.05) is 12.1 Å². The summed E-state index contributed by atoms with van der Waals surface area (Å²) in [6, 6.07) is 4.58. The van der Waals surface area contributed by atoms with Crippen molar-refractivity contribution in [3.63, 3.8) is 0 Å². The molecule has 1 heterocycles. The summed E-state index contributed by atoms with van der Waals surface area (Å²) in [6.07, 6.45) is -12.7. The summed E-state index contributed by atoms with van der Waals surface area (Å²) < 4.78 is 136. The molecule has 1 aliphatic heterocycles. The van der Waals surface area contributed by atoms with Gasteiger partial charge in [0.15, 0.2) is 0 Å². The number of rotatable bonds is 9. The Labute approximate surface area is 223 Å². The van der Waals surface area contributed by atoms with Crippen molar-refractivity contribution >= 4 is 18.0 Å². The van der Waals surface area contributed by atoms with Gasteiger partial charge >= 0.3 is 36.3 Å². The molecule has 0 bridgehead atoms. The van der Waals surface area contributed by atoms with Crippen molar-refractivity contribution in [2.24, 2.45) is 0 Å². The van der Waals surface area contributed by atoms with E-state index in [9.17, 15) is 59.2 Å². The molecule has 19 heteroatoms. The van der Waals surface area contributed by atoms with Gasteiger partial charge in [-0.2, -0.15) is 39.5 Å². The van der Waals surface area contributed by atoms with Gasteiger partial charge in [0.2, 0.25) is 0 Å². The molecular formula is C22H19F9N2O8. The molecule has 1 aliphatic rings. The van der Waals surface area contributed by atoms with Crippen molar-refractivity contribution in [3.05, 3.63) is 62.9 Å². The van der Waals surface area contributed by atoms with Gasteiger partial charge in [0.05, 0.1) is 29.8 Å². The van der Waals surface area contributed by atoms with E-state index in [4.69, 9.17) is 9.47 Å². The van der Waals surface area contributed by atoms with Crippen LogP contribution in [0.25, 0.3) is 0 Å². The number of nitrogens with one attached hydrogen (secondary N) is 1. The summed E-state index contributed by atoms with van der Waals surface area (Å²) >= 11 is 0. The van der Waals surface area contributed by atoms with Crippen LogP contribution in [0.15, 0.2) is 47.2 Å². The van der Waals surface area contributed by atoms with Gasteiger partial charge in [-0.05, 0) is 19.4 Å². The maximum absolute atomic E-state index is 13.7. The second kappa shape index (κ2) is 11.7. The summed E-state index contributed by atoms with van der Waals surface area (Å²) in [5.41, 5.74) is -0.413. The predicted molar refractivity (Wildman–Crippen MR) is 116 cm³/mol. The number of hydrogen-bond acceptors (Lipinski definition) is 9. The van der Waals surface area contributed by atoms with Crippen LogP contribution >= 0.6 is 0 Å². The fourth-order valence-corrected chi connectivity index (χ4v) is 3.43. The smallest absolute Gasteiger partial charge is 0.437 e. The lowest BCUT2D eigenvalue weighted by atomic mass is 9.90. The van der Waals surface area contributed by atoms with E-state index in [0.717, 1.165) is 19.2 Å². The van der Waals surface area contributed by atoms with Crippen LogP contribution in [0.4, 0.5) is 54.8 Å². The number of alkyl halides is 9. The zero-order chi connectivity index (χ0) is 31.6. The molecule has 1 aromatic carbocycles. The van der Waals surface area contributed by atoms with E-state index < -0.39 is 71.6 Å². The number of nitro benzene ring substituents is 1. The summed E-state index contributed by atoms with van der Waals surface area (Å²) in [6.45, 7) is 0.844. The van der Waals surface area contributed by atoms with Crippen molar-refractivity contribution < 1.29 is 73.0 Å². The molecule has 0 fully saturated rings. The van der Waals surface area contributed by atoms with Crippen molar-refractivity contribution in [1.82, 2.24) is 5.32 Å². The molecule has 1 aromatic rings. The van der Waals surface area contributed by atoms with E-state index in [1.54, 1.807) is 0 Å². The molecule has 2 rings (SSSR count). The zero-order valence-electron chi connectivity index (χ0n) is 20.9. The Morgan fingerprint density at radius 3 is 1.95 bits per heavy atom. The number of nitrogens with zero attached hydrogens (tertiary/aromatic N) is 1. The molecular weight excluding hydrogens is 591 g/mol. The molecule has 0 radical (unpaired) electrons. The van der Waals surface area contributed by atoms with E-state index in [1.165, 1.54) is 26.0 Å². The number of allylic oxidation sites excluding steroid dienone is 2. The molecule has 0 saturated carbocycles. The summed E-state index contributed by atoms with van der Waals surface area (Å²) in [4.78, 5) is 34.5. The van der Waals surface area contributed by atoms with E-state index in [-0.39, 0.29) is 22.7 Å². The third-order valence-corrected chi connectivity index (χ3v) is 5.45. The van der Waals surface area contributed by atoms with Crippen molar-refractivity contribution in [2.75, 3.05) is 13.7 Å². The fourth-order valence-electron chi connectivity index (χ4n) is 3.43. The van der Waals surface area contributed by atoms with Gasteiger partial charge < -0.3 is 24.3 Å². The van der Waals surface area contributed by atoms with E-state index in [2.05, 4.69) is 14.8 Å². The maximum Gasteiger partial charge on any atom is 0.513 e. The van der Waals surface area contributed by atoms with Gasteiger partial charge in [-0.15, -0.1) is 0 Å². The first-order chi connectivity index (χ1) is 18.7. The molecule has 0 amide bonds. The number of hydrogen-bond donors (Lipinski definition) is 1. The summed E-state index contributed by atoms with van der Waals surface area (Å²) in [7, 11) is 0.941. The molecule has 0 saturated heterocycles. The Morgan fingerprint density at radius 1 is 0.927 bits per heavy atom. The van der Waals surface area contributed by atoms with Crippen molar-refractivity contribution in [3.8, 4) is 0 Å². The van der Waals surface area contributed by atoms with Crippen LogP contribution in [0.5, 0.6) is 0 Å². The second-order valence-electron chi connectivity index (χ2n) is 8.25. The Hall–Kier alpha value is -4.19. The van der Waals surface area contributed by atoms with E-state index in [1.807, 2.05) is 0 Å². The van der Waals surface area contributed by atoms with Gasteiger partial charge in [0, 0.05) is 12.1 Å². The summed E-state index contributed by atoms with van der Waals surface area (Å²) in [5, 5.41) is 13.9. The normalized spacial score (nSPS) is 16.6. The van der Waals surface area contributed by atoms with Crippen molar-refractivity contribution in [2.45, 2.75) is 50.1 Å². The monoisotopic (exact) mass is 610 g/mol. The number of carbonyl (C=O) groups excluding carboxylic acids is 2. The third-order valence-electron chi connectivity index (χ3n) is 5.45. The molecule has 228 valence electrons. The van der Waals surface area contributed by atoms with E-state index in [0.29, 0.717) is 0 Å². The predicted octanol–water partition coefficient (Wildman–Crippen LogP) is 6.54. The molecule has 10 nitrogen and oxygen atoms in total. The van der Waals surface area contributed by atoms with E-state index >= 15 is 0 Å². The molecule has 0 aliphatic carbocycles. The van der Waals surface area contributed by atoms with Crippen LogP contribution in [0.3, 0.4) is 0 Å². The number of methoxy groups -OCH3 is 1. The zero-order valence-corrected chi connectivity index (χ0v) is 20.9. The second-order valence-corrected chi connectivity index (χ2v) is 8.25. The number of halogens is 9. The van der Waals surface area contributed by atoms with Crippen LogP contribution in [0.2, 0.25) is 0 Å². The lowest BCUT2D eigenvalue weighted by Gasteiger charge is -2.33. The highest BCUT2D eigenvalue weighted by atomic mass is 19.4. The quantitative estimate of drug-likeness (QED) is 0.144. The number of non-ortho nitro benzene ring substituents is 1. The summed E-state index contributed by atoms with van der Waals surface area (Å²) in [5.74, 6) is -22.3. The lowest BCUT2D eigenvalue weighted by molar-refractivity contribution is -0.397. The number of dihydropyridines is 1. The molecule has 1 unspecified atom stereocenters. The van der Waals surface area contributed by atoms with Crippen LogP contribution in [0, 0.1) is 10.1 Å². The standard InChI is InChI=1S/C22H19F9N2O8/c1-10-15(40-17(34)38-3)14(12-5-4-6-13(9-12)33(36)37)16(11(2)32-10)41-18(35)39-8-7-19(23,24)20(25,26)21(27,28)22(29,30)31/h4-6,9,14,32H,7-8H2,1-3H3. The SMILES string of the molecule is COC(=O)OC1=C(C)NC(C)=C(OC(=O)OCCC(F)(F)C(F)(F)C(F)(F)C(F)(F)F)C1c1cccc([N+](=O)[O-])c1. The van der Waals surface area contributed by atoms with Crippen LogP contribution in [-0.2, 0) is 18.9 Å². The molecule has 0 spiro atoms. The van der Waals surface area contributed by atoms with Crippen LogP contribution in [-0.4, -0.2) is 54.9 Å². The Morgan fingerprint density at radius 2 is 1.46 bits per heavy atom. The van der Waals surface area contributed by atoms with Gasteiger partial charge in [-0.3, -0.25) is 10.1 Å². The lowest BCUT2D eigenvalue weighted by Crippen LogP contribution is -2.61. The first kappa shape index (κ1) is 33.0. The maximum atomic E-state index is 13.7. The Balaban J connectivity index is 2.32. The molecule has 41 heavy (non-hydrogen) atoms. The number of benzene rings is 1. The number of carbonyl (C=O) groups is 2. The average Bonchev–Trinajstić information content (AvgIpc) is 2.85. The Kier molecular flexibility index (Phi) is 9.45. The first-order valence-corrected chi connectivity index (χ1v) is 10.9. The largest absolute Gasteiger partial charge is 0.513 e. The fraction of sp³-hybridized carbons (Fsp3) is 0.455. The molecule has 1 N–H and O–H groups in total. The van der Waals surface area contributed by atoms with Crippen LogP contribution in [0.1, 0.15) is 31.7 Å². The molecule has 0 aromatic heterocycles. The molecule has 1 atom stereocenters. The first-order valence-electron chi connectivity index (χ1n) is 10.9. The minimum atomic E-state index is -7.12. The number of nitro groups is 1. The Bertz CT molecular complexity index is 1260. The van der Waals surface area contributed by atoms with Crippen LogP contribution < -0.4 is 5.32 Å². The minimum Gasteiger partial charge on any atom is -0.437 e. The third kappa shape index (κ3) is 6.76. The minimum absolute atomic E-state index is 0.0262. The highest BCUT2D eigenvalue weighted by Gasteiger charge is 2.81. The van der Waals surface area contributed by atoms with Gasteiger partial charge in [0.1, 0.15) is 24.0 Å². The average molecular weight is 610 g/mol. The topological polar surface area (TPSA) is 126 Å². The highest BCUT2D eigenvalue weighted by molar-refractivity contribution is 5.65.